The average molecular weight is 180 g/mol. The van der Waals surface area contributed by atoms with Crippen LogP contribution in [0.3, 0.4) is 0 Å². The second kappa shape index (κ2) is 3.75. The first-order chi connectivity index (χ1) is 6.34. The lowest BCUT2D eigenvalue weighted by atomic mass is 10.3. The Morgan fingerprint density at radius 2 is 2.08 bits per heavy atom. The lowest BCUT2D eigenvalue weighted by molar-refractivity contribution is 0.318. The fourth-order valence-corrected chi connectivity index (χ4v) is 1.51. The van der Waals surface area contributed by atoms with Crippen LogP contribution in [0.2, 0.25) is 0 Å². The maximum Gasteiger partial charge on any atom is 0.116 e. The van der Waals surface area contributed by atoms with Gasteiger partial charge in [-0.15, -0.1) is 0 Å². The molecule has 1 fully saturated rings. The number of hydrazine groups is 1. The van der Waals surface area contributed by atoms with Crippen molar-refractivity contribution in [2.75, 3.05) is 18.5 Å². The Hall–Kier alpha value is -1.09. The Balaban J connectivity index is 1.92. The zero-order valence-corrected chi connectivity index (χ0v) is 7.41. The van der Waals surface area contributed by atoms with E-state index in [0.717, 1.165) is 12.2 Å². The highest BCUT2D eigenvalue weighted by Gasteiger charge is 2.21. The summed E-state index contributed by atoms with van der Waals surface area (Å²) >= 11 is 0. The number of halogens is 1. The highest BCUT2D eigenvalue weighted by atomic mass is 19.1. The van der Waals surface area contributed by atoms with Crippen LogP contribution in [0.1, 0.15) is 6.42 Å². The minimum atomic E-state index is -0.670. The number of hydrogen-bond donors (Lipinski definition) is 1. The van der Waals surface area contributed by atoms with Gasteiger partial charge in [-0.05, 0) is 18.6 Å². The summed E-state index contributed by atoms with van der Waals surface area (Å²) in [4.78, 5) is 0. The molecule has 0 spiro atoms. The zero-order valence-electron chi connectivity index (χ0n) is 7.41. The van der Waals surface area contributed by atoms with Crippen LogP contribution < -0.4 is 5.43 Å². The van der Waals surface area contributed by atoms with Crippen LogP contribution in [-0.4, -0.2) is 24.3 Å². The molecule has 2 rings (SSSR count). The SMILES string of the molecule is FC1CCN(Nc2ccccc2)C1. The maximum absolute atomic E-state index is 12.8. The van der Waals surface area contributed by atoms with Crippen LogP contribution in [-0.2, 0) is 0 Å². The third kappa shape index (κ3) is 2.18. The van der Waals surface area contributed by atoms with Crippen LogP contribution in [0.25, 0.3) is 0 Å². The van der Waals surface area contributed by atoms with E-state index in [1.54, 1.807) is 0 Å². The van der Waals surface area contributed by atoms with E-state index in [0.29, 0.717) is 13.0 Å². The van der Waals surface area contributed by atoms with Gasteiger partial charge in [0.25, 0.3) is 0 Å². The summed E-state index contributed by atoms with van der Waals surface area (Å²) in [5, 5.41) is 1.92. The van der Waals surface area contributed by atoms with Gasteiger partial charge in [0.2, 0.25) is 0 Å². The van der Waals surface area contributed by atoms with E-state index >= 15 is 0 Å². The molecule has 1 aliphatic heterocycles. The van der Waals surface area contributed by atoms with Crippen molar-refractivity contribution >= 4 is 5.69 Å². The van der Waals surface area contributed by atoms with Crippen LogP contribution in [0.4, 0.5) is 10.1 Å². The predicted octanol–water partition coefficient (Wildman–Crippen LogP) is 2.06. The van der Waals surface area contributed by atoms with Gasteiger partial charge >= 0.3 is 0 Å². The lowest BCUT2D eigenvalue weighted by Crippen LogP contribution is -2.27. The van der Waals surface area contributed by atoms with Gasteiger partial charge in [0.05, 0.1) is 0 Å². The first-order valence-electron chi connectivity index (χ1n) is 4.55. The van der Waals surface area contributed by atoms with Gasteiger partial charge in [-0.1, -0.05) is 18.2 Å². The van der Waals surface area contributed by atoms with Crippen molar-refractivity contribution in [3.63, 3.8) is 0 Å². The molecule has 0 aliphatic carbocycles. The molecule has 1 N–H and O–H groups in total. The van der Waals surface area contributed by atoms with E-state index in [4.69, 9.17) is 0 Å². The number of alkyl halides is 1. The van der Waals surface area contributed by atoms with Crippen molar-refractivity contribution in [2.45, 2.75) is 12.6 Å². The van der Waals surface area contributed by atoms with Crippen LogP contribution in [0.15, 0.2) is 30.3 Å². The Bertz CT molecular complexity index is 263. The molecule has 1 aromatic carbocycles. The molecule has 1 aliphatic rings. The van der Waals surface area contributed by atoms with Gasteiger partial charge in [-0.25, -0.2) is 9.40 Å². The highest BCUT2D eigenvalue weighted by Crippen LogP contribution is 2.14. The zero-order chi connectivity index (χ0) is 9.10. The highest BCUT2D eigenvalue weighted by molar-refractivity contribution is 5.41. The van der Waals surface area contributed by atoms with E-state index in [2.05, 4.69) is 5.43 Å². The quantitative estimate of drug-likeness (QED) is 0.749. The molecule has 1 aromatic rings. The second-order valence-corrected chi connectivity index (χ2v) is 3.31. The van der Waals surface area contributed by atoms with Gasteiger partial charge in [0.1, 0.15) is 6.17 Å². The Morgan fingerprint density at radius 3 is 2.69 bits per heavy atom. The standard InChI is InChI=1S/C10H13FN2/c11-9-6-7-13(8-9)12-10-4-2-1-3-5-10/h1-5,9,12H,6-8H2. The molecule has 13 heavy (non-hydrogen) atoms. The predicted molar refractivity (Wildman–Crippen MR) is 51.2 cm³/mol. The lowest BCUT2D eigenvalue weighted by Gasteiger charge is -2.17. The summed E-state index contributed by atoms with van der Waals surface area (Å²) in [7, 11) is 0. The van der Waals surface area contributed by atoms with Gasteiger partial charge in [-0.2, -0.15) is 0 Å². The number of anilines is 1. The molecule has 70 valence electrons. The molecule has 0 amide bonds. The number of rotatable bonds is 2. The summed E-state index contributed by atoms with van der Waals surface area (Å²) in [6, 6.07) is 9.85. The van der Waals surface area contributed by atoms with Crippen molar-refractivity contribution in [3.8, 4) is 0 Å². The van der Waals surface area contributed by atoms with Gasteiger partial charge in [0.15, 0.2) is 0 Å². The number of nitrogens with zero attached hydrogens (tertiary/aromatic N) is 1. The number of nitrogens with one attached hydrogen (secondary N) is 1. The van der Waals surface area contributed by atoms with Crippen molar-refractivity contribution in [1.82, 2.24) is 5.01 Å². The van der Waals surface area contributed by atoms with Crippen LogP contribution >= 0.6 is 0 Å². The summed E-state index contributed by atoms with van der Waals surface area (Å²) in [6.45, 7) is 1.28. The van der Waals surface area contributed by atoms with Crippen molar-refractivity contribution < 1.29 is 4.39 Å². The second-order valence-electron chi connectivity index (χ2n) is 3.31. The van der Waals surface area contributed by atoms with Crippen LogP contribution in [0.5, 0.6) is 0 Å². The van der Waals surface area contributed by atoms with E-state index in [9.17, 15) is 4.39 Å². The Kier molecular flexibility index (Phi) is 2.45. The fourth-order valence-electron chi connectivity index (χ4n) is 1.51. The van der Waals surface area contributed by atoms with E-state index < -0.39 is 6.17 Å². The molecule has 1 heterocycles. The summed E-state index contributed by atoms with van der Waals surface area (Å²) in [6.07, 6.45) is -0.0315. The largest absolute Gasteiger partial charge is 0.319 e. The molecule has 1 unspecified atom stereocenters. The fraction of sp³-hybridized carbons (Fsp3) is 0.400. The third-order valence-corrected chi connectivity index (χ3v) is 2.19. The maximum atomic E-state index is 12.8. The van der Waals surface area contributed by atoms with Crippen molar-refractivity contribution in [2.24, 2.45) is 0 Å². The molecule has 0 aromatic heterocycles. The van der Waals surface area contributed by atoms with E-state index in [1.807, 2.05) is 35.3 Å². The normalized spacial score (nSPS) is 23.3. The molecule has 1 saturated heterocycles. The monoisotopic (exact) mass is 180 g/mol. The molecule has 2 nitrogen and oxygen atoms in total. The number of hydrogen-bond acceptors (Lipinski definition) is 2. The number of benzene rings is 1. The van der Waals surface area contributed by atoms with Gasteiger partial charge in [0, 0.05) is 18.8 Å². The minimum absolute atomic E-state index is 0.495. The Morgan fingerprint density at radius 1 is 1.31 bits per heavy atom. The number of para-hydroxylation sites is 1. The third-order valence-electron chi connectivity index (χ3n) is 2.19. The summed E-state index contributed by atoms with van der Waals surface area (Å²) in [5.41, 5.74) is 4.19. The first-order valence-corrected chi connectivity index (χ1v) is 4.55. The first kappa shape index (κ1) is 8.51. The van der Waals surface area contributed by atoms with E-state index in [1.165, 1.54) is 0 Å². The Labute approximate surface area is 77.3 Å². The smallest absolute Gasteiger partial charge is 0.116 e. The van der Waals surface area contributed by atoms with Crippen molar-refractivity contribution in [3.05, 3.63) is 30.3 Å². The van der Waals surface area contributed by atoms with E-state index in [-0.39, 0.29) is 0 Å². The molecule has 0 radical (unpaired) electrons. The van der Waals surface area contributed by atoms with Crippen molar-refractivity contribution in [1.29, 1.82) is 0 Å². The summed E-state index contributed by atoms with van der Waals surface area (Å²) < 4.78 is 12.8. The average Bonchev–Trinajstić information content (AvgIpc) is 2.53. The van der Waals surface area contributed by atoms with Gasteiger partial charge in [-0.3, -0.25) is 0 Å². The van der Waals surface area contributed by atoms with Gasteiger partial charge < -0.3 is 5.43 Å². The minimum Gasteiger partial charge on any atom is -0.319 e. The molecule has 1 atom stereocenters. The summed E-state index contributed by atoms with van der Waals surface area (Å²) in [5.74, 6) is 0. The molecule has 0 bridgehead atoms. The molecule has 0 saturated carbocycles. The molecular formula is C10H13FN2. The topological polar surface area (TPSA) is 15.3 Å². The molecule has 3 heteroatoms. The molecular weight excluding hydrogens is 167 g/mol. The van der Waals surface area contributed by atoms with Crippen LogP contribution in [0, 0.1) is 0 Å².